The van der Waals surface area contributed by atoms with Gasteiger partial charge >= 0.3 is 0 Å². The number of piperidine rings is 1. The van der Waals surface area contributed by atoms with Crippen LogP contribution in [0.5, 0.6) is 0 Å². The molecule has 8 nitrogen and oxygen atoms in total. The lowest BCUT2D eigenvalue weighted by Gasteiger charge is -2.45. The van der Waals surface area contributed by atoms with Crippen LogP contribution in [0.3, 0.4) is 0 Å². The number of amides is 1. The summed E-state index contributed by atoms with van der Waals surface area (Å²) in [6.45, 7) is 0.940. The molecule has 0 N–H and O–H groups in total. The van der Waals surface area contributed by atoms with Crippen LogP contribution in [0, 0.1) is 0 Å². The maximum absolute atomic E-state index is 13.2. The van der Waals surface area contributed by atoms with Crippen molar-refractivity contribution < 1.29 is 26.7 Å². The van der Waals surface area contributed by atoms with E-state index in [0.717, 1.165) is 0 Å². The van der Waals surface area contributed by atoms with E-state index in [1.54, 1.807) is 11.4 Å². The van der Waals surface area contributed by atoms with E-state index in [0.29, 0.717) is 45.4 Å². The third-order valence-electron chi connectivity index (χ3n) is 5.73. The van der Waals surface area contributed by atoms with Gasteiger partial charge in [0.25, 0.3) is 12.3 Å². The third kappa shape index (κ3) is 3.79. The quantitative estimate of drug-likeness (QED) is 0.719. The van der Waals surface area contributed by atoms with Crippen LogP contribution in [0.4, 0.5) is 8.78 Å². The molecule has 2 saturated heterocycles. The van der Waals surface area contributed by atoms with Gasteiger partial charge in [-0.2, -0.15) is 9.40 Å². The Hall–Kier alpha value is -1.59. The topological polar surface area (TPSA) is 84.7 Å². The highest BCUT2D eigenvalue weighted by Crippen LogP contribution is 2.43. The molecule has 3 rings (SSSR count). The summed E-state index contributed by atoms with van der Waals surface area (Å²) in [6.07, 6.45) is 2.01. The molecule has 3 heterocycles. The van der Waals surface area contributed by atoms with Crippen molar-refractivity contribution in [3.05, 3.63) is 17.5 Å². The molecule has 0 saturated carbocycles. The number of aromatic nitrogens is 2. The van der Waals surface area contributed by atoms with Crippen molar-refractivity contribution in [2.45, 2.75) is 43.7 Å². The number of rotatable bonds is 5. The van der Waals surface area contributed by atoms with Crippen LogP contribution in [-0.4, -0.2) is 78.0 Å². The van der Waals surface area contributed by atoms with E-state index in [4.69, 9.17) is 4.74 Å². The van der Waals surface area contributed by atoms with Gasteiger partial charge in [-0.25, -0.2) is 17.2 Å². The molecule has 0 unspecified atom stereocenters. The summed E-state index contributed by atoms with van der Waals surface area (Å²) in [7, 11) is -0.414. The van der Waals surface area contributed by atoms with E-state index in [1.165, 1.54) is 29.1 Å². The number of likely N-dealkylation sites (tertiary alicyclic amines) is 1. The van der Waals surface area contributed by atoms with Gasteiger partial charge in [-0.05, 0) is 25.7 Å². The maximum atomic E-state index is 13.2. The SMILES string of the molecule is COC[C@H]1CCC2(CCN(C(=O)c3cn(C)nc3C(F)F)CC2)N1S(C)(=O)=O. The van der Waals surface area contributed by atoms with Crippen molar-refractivity contribution in [3.8, 4) is 0 Å². The molecule has 0 aromatic carbocycles. The van der Waals surface area contributed by atoms with Crippen LogP contribution in [0.2, 0.25) is 0 Å². The van der Waals surface area contributed by atoms with Gasteiger partial charge in [-0.1, -0.05) is 0 Å². The maximum Gasteiger partial charge on any atom is 0.282 e. The van der Waals surface area contributed by atoms with Crippen molar-refractivity contribution in [1.82, 2.24) is 19.0 Å². The molecule has 2 fully saturated rings. The summed E-state index contributed by atoms with van der Waals surface area (Å²) in [5.41, 5.74) is -1.17. The molecule has 1 amide bonds. The number of methoxy groups -OCH3 is 1. The molecule has 1 spiro atoms. The molecule has 0 aliphatic carbocycles. The average molecular weight is 420 g/mol. The number of carbonyl (C=O) groups excluding carboxylic acids is 1. The summed E-state index contributed by atoms with van der Waals surface area (Å²) in [6, 6.07) is -0.217. The zero-order chi connectivity index (χ0) is 20.7. The standard InChI is InChI=1S/C17H26F2N4O4S/c1-21-10-13(14(20-21)15(18)19)16(24)22-8-6-17(7-9-22)5-4-12(11-27-2)23(17)28(3,25)26/h10,12,15H,4-9,11H2,1-3H3/t12-/m1/s1. The lowest BCUT2D eigenvalue weighted by atomic mass is 9.86. The van der Waals surface area contributed by atoms with Crippen molar-refractivity contribution >= 4 is 15.9 Å². The van der Waals surface area contributed by atoms with Gasteiger partial charge in [0.15, 0.2) is 0 Å². The van der Waals surface area contributed by atoms with Gasteiger partial charge in [0.1, 0.15) is 5.69 Å². The number of hydrogen-bond donors (Lipinski definition) is 0. The Morgan fingerprint density at radius 3 is 2.54 bits per heavy atom. The van der Waals surface area contributed by atoms with Gasteiger partial charge < -0.3 is 9.64 Å². The second-order valence-corrected chi connectivity index (χ2v) is 9.49. The van der Waals surface area contributed by atoms with Gasteiger partial charge in [-0.3, -0.25) is 9.48 Å². The highest BCUT2D eigenvalue weighted by atomic mass is 32.2. The molecule has 1 atom stereocenters. The van der Waals surface area contributed by atoms with Crippen LogP contribution in [0.25, 0.3) is 0 Å². The normalized spacial score (nSPS) is 23.1. The molecule has 158 valence electrons. The molecular weight excluding hydrogens is 394 g/mol. The Balaban J connectivity index is 1.78. The lowest BCUT2D eigenvalue weighted by Crippen LogP contribution is -2.57. The highest BCUT2D eigenvalue weighted by molar-refractivity contribution is 7.88. The summed E-state index contributed by atoms with van der Waals surface area (Å²) in [5.74, 6) is -0.490. The molecule has 2 aliphatic heterocycles. The van der Waals surface area contributed by atoms with E-state index >= 15 is 0 Å². The minimum absolute atomic E-state index is 0.0999. The van der Waals surface area contributed by atoms with E-state index in [1.807, 2.05) is 0 Å². The van der Waals surface area contributed by atoms with E-state index in [-0.39, 0.29) is 11.6 Å². The van der Waals surface area contributed by atoms with E-state index < -0.39 is 33.6 Å². The Labute approximate surface area is 163 Å². The van der Waals surface area contributed by atoms with Crippen LogP contribution in [-0.2, 0) is 21.8 Å². The van der Waals surface area contributed by atoms with Crippen LogP contribution >= 0.6 is 0 Å². The predicted molar refractivity (Wildman–Crippen MR) is 97.6 cm³/mol. The monoisotopic (exact) mass is 420 g/mol. The third-order valence-corrected chi connectivity index (χ3v) is 7.13. The molecule has 1 aromatic rings. The first kappa shape index (κ1) is 21.1. The first-order valence-corrected chi connectivity index (χ1v) is 11.0. The van der Waals surface area contributed by atoms with Gasteiger partial charge in [0, 0.05) is 45.0 Å². The Morgan fingerprint density at radius 1 is 1.36 bits per heavy atom. The minimum atomic E-state index is -3.45. The van der Waals surface area contributed by atoms with Crippen molar-refractivity contribution in [2.75, 3.05) is 33.1 Å². The smallest absolute Gasteiger partial charge is 0.282 e. The lowest BCUT2D eigenvalue weighted by molar-refractivity contribution is 0.0497. The predicted octanol–water partition coefficient (Wildman–Crippen LogP) is 1.40. The number of hydrogen-bond acceptors (Lipinski definition) is 5. The zero-order valence-electron chi connectivity index (χ0n) is 16.3. The summed E-state index contributed by atoms with van der Waals surface area (Å²) >= 11 is 0. The van der Waals surface area contributed by atoms with Gasteiger partial charge in [0.05, 0.1) is 18.4 Å². The van der Waals surface area contributed by atoms with E-state index in [2.05, 4.69) is 5.10 Å². The molecule has 0 radical (unpaired) electrons. The number of ether oxygens (including phenoxy) is 1. The fourth-order valence-electron chi connectivity index (χ4n) is 4.61. The van der Waals surface area contributed by atoms with Crippen molar-refractivity contribution in [1.29, 1.82) is 0 Å². The summed E-state index contributed by atoms with van der Waals surface area (Å²) in [5, 5.41) is 3.69. The second kappa shape index (κ2) is 7.68. The van der Waals surface area contributed by atoms with Crippen LogP contribution in [0.15, 0.2) is 6.20 Å². The van der Waals surface area contributed by atoms with Crippen LogP contribution < -0.4 is 0 Å². The highest BCUT2D eigenvalue weighted by Gasteiger charge is 2.52. The first-order chi connectivity index (χ1) is 13.1. The molecule has 28 heavy (non-hydrogen) atoms. The summed E-state index contributed by atoms with van der Waals surface area (Å²) in [4.78, 5) is 14.3. The Kier molecular flexibility index (Phi) is 5.79. The number of carbonyl (C=O) groups is 1. The minimum Gasteiger partial charge on any atom is -0.383 e. The molecule has 11 heteroatoms. The average Bonchev–Trinajstić information content (AvgIpc) is 3.16. The fraction of sp³-hybridized carbons (Fsp3) is 0.765. The number of aryl methyl sites for hydroxylation is 1. The van der Waals surface area contributed by atoms with Gasteiger partial charge in [-0.15, -0.1) is 0 Å². The largest absolute Gasteiger partial charge is 0.383 e. The van der Waals surface area contributed by atoms with E-state index in [9.17, 15) is 22.0 Å². The number of alkyl halides is 2. The zero-order valence-corrected chi connectivity index (χ0v) is 17.1. The fourth-order valence-corrected chi connectivity index (χ4v) is 6.30. The second-order valence-electron chi connectivity index (χ2n) is 7.63. The molecular formula is C17H26F2N4O4S. The number of nitrogens with zero attached hydrogens (tertiary/aromatic N) is 4. The van der Waals surface area contributed by atoms with Crippen molar-refractivity contribution in [2.24, 2.45) is 7.05 Å². The molecule has 1 aromatic heterocycles. The number of halogens is 2. The number of sulfonamides is 1. The Morgan fingerprint density at radius 2 is 2.00 bits per heavy atom. The summed E-state index contributed by atoms with van der Waals surface area (Å²) < 4.78 is 59.2. The van der Waals surface area contributed by atoms with Crippen LogP contribution in [0.1, 0.15) is 48.2 Å². The van der Waals surface area contributed by atoms with Gasteiger partial charge in [0.2, 0.25) is 10.0 Å². The van der Waals surface area contributed by atoms with Crippen molar-refractivity contribution in [3.63, 3.8) is 0 Å². The molecule has 0 bridgehead atoms. The first-order valence-electron chi connectivity index (χ1n) is 9.18. The Bertz CT molecular complexity index is 834. The molecule has 2 aliphatic rings.